The molecule has 0 radical (unpaired) electrons. The first kappa shape index (κ1) is 17.3. The zero-order valence-corrected chi connectivity index (χ0v) is 15.6. The Labute approximate surface area is 154 Å². The zero-order chi connectivity index (χ0) is 16.0. The molecule has 0 saturated heterocycles. The van der Waals surface area contributed by atoms with Gasteiger partial charge in [0.05, 0.1) is 11.2 Å². The minimum Gasteiger partial charge on any atom is -0.343 e. The molecule has 1 aliphatic carbocycles. The van der Waals surface area contributed by atoms with E-state index in [2.05, 4.69) is 36.6 Å². The van der Waals surface area contributed by atoms with Gasteiger partial charge in [0.15, 0.2) is 0 Å². The predicted octanol–water partition coefficient (Wildman–Crippen LogP) is 6.20. The zero-order valence-electron chi connectivity index (χ0n) is 14.1. The number of rotatable bonds is 3. The van der Waals surface area contributed by atoms with E-state index < -0.39 is 0 Å². The summed E-state index contributed by atoms with van der Waals surface area (Å²) in [4.78, 5) is 4.71. The minimum atomic E-state index is 0. The van der Waals surface area contributed by atoms with Crippen molar-refractivity contribution in [3.05, 3.63) is 52.8 Å². The highest BCUT2D eigenvalue weighted by Gasteiger charge is 2.22. The number of fused-ring (bicyclic) bond motifs is 1. The Balaban J connectivity index is 0.00000169. The fraction of sp³-hybridized carbons (Fsp3) is 0.350. The van der Waals surface area contributed by atoms with Gasteiger partial charge < -0.3 is 4.57 Å². The van der Waals surface area contributed by atoms with Crippen LogP contribution in [0.4, 0.5) is 0 Å². The summed E-state index contributed by atoms with van der Waals surface area (Å²) in [7, 11) is 0. The number of aryl methyl sites for hydroxylation is 1. The maximum absolute atomic E-state index is 6.05. The molecule has 3 aromatic rings. The summed E-state index contributed by atoms with van der Waals surface area (Å²) in [6.45, 7) is 5.57. The molecule has 1 aromatic carbocycles. The third-order valence-electron chi connectivity index (χ3n) is 5.33. The largest absolute Gasteiger partial charge is 0.343 e. The lowest BCUT2D eigenvalue weighted by Gasteiger charge is -2.27. The number of nitrogens with zero attached hydrogens (tertiary/aromatic N) is 2. The van der Waals surface area contributed by atoms with Gasteiger partial charge in [0.2, 0.25) is 0 Å². The lowest BCUT2D eigenvalue weighted by Crippen LogP contribution is -2.18. The maximum Gasteiger partial charge on any atom is 0.0944 e. The Morgan fingerprint density at radius 2 is 1.83 bits per heavy atom. The summed E-state index contributed by atoms with van der Waals surface area (Å²) in [5, 5.41) is 2.08. The van der Waals surface area contributed by atoms with Crippen molar-refractivity contribution < 1.29 is 0 Å². The van der Waals surface area contributed by atoms with Crippen LogP contribution in [0.5, 0.6) is 0 Å². The minimum absolute atomic E-state index is 0. The molecule has 4 heteroatoms. The Hall–Kier alpha value is -1.51. The first-order chi connectivity index (χ1) is 11.1. The van der Waals surface area contributed by atoms with Crippen molar-refractivity contribution in [3.8, 4) is 11.3 Å². The standard InChI is InChI=1S/C20H21ClN2.ClH/c1-13-14(2)23(12-15-4-3-5-15)20-18(13)10-11-22-19(20)16-6-8-17(21)9-7-16;/h6-11,15H,3-5,12H2,1-2H3;1H. The van der Waals surface area contributed by atoms with Crippen LogP contribution in [0, 0.1) is 19.8 Å². The quantitative estimate of drug-likeness (QED) is 0.543. The van der Waals surface area contributed by atoms with Crippen LogP contribution in [0.25, 0.3) is 22.2 Å². The lowest BCUT2D eigenvalue weighted by atomic mass is 9.85. The summed E-state index contributed by atoms with van der Waals surface area (Å²) in [6.07, 6.45) is 6.01. The van der Waals surface area contributed by atoms with Gasteiger partial charge in [-0.2, -0.15) is 0 Å². The molecular weight excluding hydrogens is 339 g/mol. The van der Waals surface area contributed by atoms with E-state index in [0.29, 0.717) is 0 Å². The Kier molecular flexibility index (Phi) is 4.89. The molecule has 126 valence electrons. The maximum atomic E-state index is 6.05. The van der Waals surface area contributed by atoms with Crippen LogP contribution < -0.4 is 0 Å². The van der Waals surface area contributed by atoms with Gasteiger partial charge in [0, 0.05) is 34.4 Å². The molecule has 0 unspecified atom stereocenters. The second kappa shape index (κ2) is 6.78. The molecule has 2 nitrogen and oxygen atoms in total. The van der Waals surface area contributed by atoms with Crippen molar-refractivity contribution in [2.75, 3.05) is 0 Å². The summed E-state index contributed by atoms with van der Waals surface area (Å²) in [6, 6.07) is 10.2. The molecular formula is C20H22Cl2N2. The second-order valence-electron chi connectivity index (χ2n) is 6.68. The van der Waals surface area contributed by atoms with E-state index in [-0.39, 0.29) is 12.4 Å². The molecule has 1 fully saturated rings. The van der Waals surface area contributed by atoms with Gasteiger partial charge in [0.25, 0.3) is 0 Å². The van der Waals surface area contributed by atoms with Crippen LogP contribution in [0.2, 0.25) is 5.02 Å². The van der Waals surface area contributed by atoms with Crippen molar-refractivity contribution in [1.82, 2.24) is 9.55 Å². The number of benzene rings is 1. The highest BCUT2D eigenvalue weighted by atomic mass is 35.5. The highest BCUT2D eigenvalue weighted by Crippen LogP contribution is 2.36. The number of aromatic nitrogens is 2. The van der Waals surface area contributed by atoms with Crippen LogP contribution >= 0.6 is 24.0 Å². The predicted molar refractivity (Wildman–Crippen MR) is 104 cm³/mol. The van der Waals surface area contributed by atoms with Crippen LogP contribution in [-0.2, 0) is 6.54 Å². The smallest absolute Gasteiger partial charge is 0.0944 e. The summed E-state index contributed by atoms with van der Waals surface area (Å²) >= 11 is 6.05. The Bertz CT molecular complexity index is 861. The van der Waals surface area contributed by atoms with Crippen molar-refractivity contribution >= 4 is 34.9 Å². The average Bonchev–Trinajstić information content (AvgIpc) is 2.76. The van der Waals surface area contributed by atoms with Gasteiger partial charge in [-0.1, -0.05) is 30.2 Å². The Morgan fingerprint density at radius 1 is 1.12 bits per heavy atom. The fourth-order valence-corrected chi connectivity index (χ4v) is 3.70. The van der Waals surface area contributed by atoms with Crippen molar-refractivity contribution in [2.24, 2.45) is 5.92 Å². The van der Waals surface area contributed by atoms with Crippen LogP contribution in [0.15, 0.2) is 36.5 Å². The topological polar surface area (TPSA) is 17.8 Å². The molecule has 0 spiro atoms. The number of hydrogen-bond donors (Lipinski definition) is 0. The molecule has 0 amide bonds. The summed E-state index contributed by atoms with van der Waals surface area (Å²) < 4.78 is 2.49. The summed E-state index contributed by atoms with van der Waals surface area (Å²) in [5.74, 6) is 0.821. The molecule has 0 aliphatic heterocycles. The van der Waals surface area contributed by atoms with Gasteiger partial charge in [-0.05, 0) is 56.4 Å². The monoisotopic (exact) mass is 360 g/mol. The van der Waals surface area contributed by atoms with E-state index in [0.717, 1.165) is 28.7 Å². The molecule has 2 aromatic heterocycles. The third kappa shape index (κ3) is 2.82. The number of hydrogen-bond acceptors (Lipinski definition) is 1. The van der Waals surface area contributed by atoms with Crippen molar-refractivity contribution in [2.45, 2.75) is 39.7 Å². The molecule has 0 atom stereocenters. The van der Waals surface area contributed by atoms with Crippen LogP contribution in [0.1, 0.15) is 30.5 Å². The van der Waals surface area contributed by atoms with Gasteiger partial charge in [-0.25, -0.2) is 0 Å². The lowest BCUT2D eigenvalue weighted by molar-refractivity contribution is 0.278. The molecule has 0 bridgehead atoms. The van der Waals surface area contributed by atoms with Crippen LogP contribution in [-0.4, -0.2) is 9.55 Å². The van der Waals surface area contributed by atoms with E-state index >= 15 is 0 Å². The third-order valence-corrected chi connectivity index (χ3v) is 5.58. The van der Waals surface area contributed by atoms with E-state index in [1.807, 2.05) is 18.3 Å². The van der Waals surface area contributed by atoms with Gasteiger partial charge in [-0.15, -0.1) is 12.4 Å². The first-order valence-corrected chi connectivity index (χ1v) is 8.73. The summed E-state index contributed by atoms with van der Waals surface area (Å²) in [5.41, 5.74) is 6.21. The molecule has 1 aliphatic rings. The molecule has 24 heavy (non-hydrogen) atoms. The molecule has 2 heterocycles. The normalized spacial score (nSPS) is 14.5. The van der Waals surface area contributed by atoms with E-state index in [1.165, 1.54) is 41.4 Å². The van der Waals surface area contributed by atoms with Crippen LogP contribution in [0.3, 0.4) is 0 Å². The SMILES string of the molecule is Cc1c(C)n(CC2CCC2)c2c(-c3ccc(Cl)cc3)nccc12.Cl. The molecule has 4 rings (SSSR count). The fourth-order valence-electron chi connectivity index (χ4n) is 3.58. The Morgan fingerprint density at radius 3 is 2.46 bits per heavy atom. The average molecular weight is 361 g/mol. The van der Waals surface area contributed by atoms with Gasteiger partial charge in [0.1, 0.15) is 0 Å². The van der Waals surface area contributed by atoms with Crippen molar-refractivity contribution in [3.63, 3.8) is 0 Å². The first-order valence-electron chi connectivity index (χ1n) is 8.35. The van der Waals surface area contributed by atoms with E-state index in [1.54, 1.807) is 0 Å². The highest BCUT2D eigenvalue weighted by molar-refractivity contribution is 6.30. The molecule has 1 saturated carbocycles. The molecule has 0 N–H and O–H groups in total. The van der Waals surface area contributed by atoms with E-state index in [9.17, 15) is 0 Å². The van der Waals surface area contributed by atoms with Gasteiger partial charge >= 0.3 is 0 Å². The second-order valence-corrected chi connectivity index (χ2v) is 7.12. The number of pyridine rings is 1. The van der Waals surface area contributed by atoms with Crippen molar-refractivity contribution in [1.29, 1.82) is 0 Å². The van der Waals surface area contributed by atoms with Gasteiger partial charge in [-0.3, -0.25) is 4.98 Å². The van der Waals surface area contributed by atoms with E-state index in [4.69, 9.17) is 16.6 Å². The number of halogens is 2.